The van der Waals surface area contributed by atoms with Gasteiger partial charge >= 0.3 is 0 Å². The lowest BCUT2D eigenvalue weighted by atomic mass is 10.1. The van der Waals surface area contributed by atoms with Crippen molar-refractivity contribution in [2.45, 2.75) is 52.6 Å². The van der Waals surface area contributed by atoms with Gasteiger partial charge < -0.3 is 10.1 Å². The Morgan fingerprint density at radius 3 is 2.45 bits per heavy atom. The molecule has 0 saturated carbocycles. The van der Waals surface area contributed by atoms with Crippen LogP contribution in [0.25, 0.3) is 6.08 Å². The topological polar surface area (TPSA) is 54.5 Å². The van der Waals surface area contributed by atoms with E-state index >= 15 is 0 Å². The van der Waals surface area contributed by atoms with Crippen LogP contribution in [-0.4, -0.2) is 41.5 Å². The van der Waals surface area contributed by atoms with Gasteiger partial charge in [0.15, 0.2) is 0 Å². The summed E-state index contributed by atoms with van der Waals surface area (Å²) in [7, 11) is 1.68. The third-order valence-electron chi connectivity index (χ3n) is 4.87. The maximum atomic E-state index is 12.3. The molecule has 156 valence electrons. The van der Waals surface area contributed by atoms with Gasteiger partial charge in [0, 0.05) is 36.2 Å². The van der Waals surface area contributed by atoms with E-state index in [1.54, 1.807) is 25.6 Å². The van der Waals surface area contributed by atoms with Crippen molar-refractivity contribution in [3.05, 3.63) is 59.9 Å². The van der Waals surface area contributed by atoms with E-state index in [1.165, 1.54) is 6.08 Å². The van der Waals surface area contributed by atoms with Gasteiger partial charge in [0.05, 0.1) is 7.11 Å². The molecule has 1 N–H and O–H groups in total. The van der Waals surface area contributed by atoms with Crippen LogP contribution in [-0.2, 0) is 11.2 Å². The van der Waals surface area contributed by atoms with Gasteiger partial charge in [-0.15, -0.1) is 0 Å². The number of aromatic nitrogens is 1. The van der Waals surface area contributed by atoms with E-state index in [0.29, 0.717) is 12.1 Å². The Morgan fingerprint density at radius 1 is 1.14 bits per heavy atom. The predicted molar refractivity (Wildman–Crippen MR) is 120 cm³/mol. The van der Waals surface area contributed by atoms with Gasteiger partial charge in [0.2, 0.25) is 5.91 Å². The summed E-state index contributed by atoms with van der Waals surface area (Å²) in [4.78, 5) is 18.7. The fourth-order valence-electron chi connectivity index (χ4n) is 3.45. The molecule has 0 unspecified atom stereocenters. The summed E-state index contributed by atoms with van der Waals surface area (Å²) in [6, 6.07) is 10.5. The van der Waals surface area contributed by atoms with E-state index in [9.17, 15) is 4.79 Å². The number of methoxy groups -OCH3 is 1. The minimum Gasteiger partial charge on any atom is -0.496 e. The van der Waals surface area contributed by atoms with Gasteiger partial charge in [-0.05, 0) is 94.6 Å². The Hall–Kier alpha value is -2.66. The predicted octanol–water partition coefficient (Wildman–Crippen LogP) is 4.79. The molecule has 5 nitrogen and oxygen atoms in total. The molecular formula is C24H33N3O2. The maximum Gasteiger partial charge on any atom is 0.248 e. The molecule has 29 heavy (non-hydrogen) atoms. The SMILES string of the molecule is COc1ccc(NC(=O)C=Cc2ccncc2)cc1CCCN(C(C)C)C(C)C. The zero-order chi connectivity index (χ0) is 21.2. The number of rotatable bonds is 10. The van der Waals surface area contributed by atoms with Crippen molar-refractivity contribution in [1.29, 1.82) is 0 Å². The van der Waals surface area contributed by atoms with Crippen molar-refractivity contribution in [3.63, 3.8) is 0 Å². The van der Waals surface area contributed by atoms with Gasteiger partial charge in [-0.2, -0.15) is 0 Å². The fraction of sp³-hybridized carbons (Fsp3) is 0.417. The highest BCUT2D eigenvalue weighted by atomic mass is 16.5. The largest absolute Gasteiger partial charge is 0.496 e. The number of carbonyl (C=O) groups excluding carboxylic acids is 1. The van der Waals surface area contributed by atoms with Crippen LogP contribution in [0.5, 0.6) is 5.75 Å². The fourth-order valence-corrected chi connectivity index (χ4v) is 3.45. The molecule has 1 amide bonds. The molecule has 0 aliphatic rings. The lowest BCUT2D eigenvalue weighted by Gasteiger charge is -2.30. The number of amides is 1. The van der Waals surface area contributed by atoms with E-state index in [-0.39, 0.29) is 5.91 Å². The number of pyridine rings is 1. The Balaban J connectivity index is 2.00. The first-order valence-corrected chi connectivity index (χ1v) is 10.2. The number of anilines is 1. The van der Waals surface area contributed by atoms with Gasteiger partial charge in [-0.3, -0.25) is 14.7 Å². The summed E-state index contributed by atoms with van der Waals surface area (Å²) < 4.78 is 5.52. The highest BCUT2D eigenvalue weighted by Crippen LogP contribution is 2.24. The Kier molecular flexibility index (Phi) is 8.87. The van der Waals surface area contributed by atoms with Gasteiger partial charge in [-0.1, -0.05) is 0 Å². The summed E-state index contributed by atoms with van der Waals surface area (Å²) in [6.45, 7) is 9.96. The third kappa shape index (κ3) is 7.35. The monoisotopic (exact) mass is 395 g/mol. The van der Waals surface area contributed by atoms with E-state index in [0.717, 1.165) is 42.0 Å². The molecule has 0 saturated heterocycles. The van der Waals surface area contributed by atoms with Crippen molar-refractivity contribution >= 4 is 17.7 Å². The van der Waals surface area contributed by atoms with Crippen LogP contribution in [0.2, 0.25) is 0 Å². The third-order valence-corrected chi connectivity index (χ3v) is 4.87. The molecule has 0 radical (unpaired) electrons. The summed E-state index contributed by atoms with van der Waals surface area (Å²) in [6.07, 6.45) is 8.64. The molecule has 2 rings (SSSR count). The smallest absolute Gasteiger partial charge is 0.248 e. The number of nitrogens with one attached hydrogen (secondary N) is 1. The first kappa shape index (κ1) is 22.6. The van der Waals surface area contributed by atoms with Gasteiger partial charge in [-0.25, -0.2) is 0 Å². The number of hydrogen-bond acceptors (Lipinski definition) is 4. The molecule has 0 bridgehead atoms. The molecular weight excluding hydrogens is 362 g/mol. The zero-order valence-electron chi connectivity index (χ0n) is 18.2. The second-order valence-corrected chi connectivity index (χ2v) is 7.66. The standard InChI is InChI=1S/C24H33N3O2/c1-18(2)27(19(3)4)16-6-7-21-17-22(9-10-23(21)29-5)26-24(28)11-8-20-12-14-25-15-13-20/h8-15,17-19H,6-7,16H2,1-5H3,(H,26,28). The number of ether oxygens (including phenoxy) is 1. The molecule has 0 aliphatic carbocycles. The van der Waals surface area contributed by atoms with Crippen molar-refractivity contribution in [2.75, 3.05) is 19.0 Å². The highest BCUT2D eigenvalue weighted by molar-refractivity contribution is 6.02. The second kappa shape index (κ2) is 11.4. The quantitative estimate of drug-likeness (QED) is 0.588. The van der Waals surface area contributed by atoms with Crippen LogP contribution in [0.15, 0.2) is 48.8 Å². The van der Waals surface area contributed by atoms with Crippen LogP contribution in [0.3, 0.4) is 0 Å². The average Bonchev–Trinajstić information content (AvgIpc) is 2.70. The van der Waals surface area contributed by atoms with Crippen molar-refractivity contribution in [2.24, 2.45) is 0 Å². The number of benzene rings is 1. The Labute approximate surface area is 174 Å². The summed E-state index contributed by atoms with van der Waals surface area (Å²) in [5.74, 6) is 0.694. The summed E-state index contributed by atoms with van der Waals surface area (Å²) in [5.41, 5.74) is 2.82. The molecule has 1 aromatic carbocycles. The molecule has 1 aromatic heterocycles. The molecule has 5 heteroatoms. The van der Waals surface area contributed by atoms with E-state index in [1.807, 2.05) is 30.3 Å². The minimum absolute atomic E-state index is 0.163. The number of aryl methyl sites for hydroxylation is 1. The van der Waals surface area contributed by atoms with Gasteiger partial charge in [0.25, 0.3) is 0 Å². The molecule has 0 fully saturated rings. The minimum atomic E-state index is -0.163. The first-order chi connectivity index (χ1) is 13.9. The van der Waals surface area contributed by atoms with Gasteiger partial charge in [0.1, 0.15) is 5.75 Å². The molecule has 0 spiro atoms. The first-order valence-electron chi connectivity index (χ1n) is 10.2. The van der Waals surface area contributed by atoms with Crippen LogP contribution >= 0.6 is 0 Å². The molecule has 0 atom stereocenters. The van der Waals surface area contributed by atoms with E-state index < -0.39 is 0 Å². The summed E-state index contributed by atoms with van der Waals surface area (Å²) >= 11 is 0. The van der Waals surface area contributed by atoms with E-state index in [2.05, 4.69) is 42.9 Å². The second-order valence-electron chi connectivity index (χ2n) is 7.66. The number of carbonyl (C=O) groups is 1. The maximum absolute atomic E-state index is 12.3. The van der Waals surface area contributed by atoms with Crippen molar-refractivity contribution in [3.8, 4) is 5.75 Å². The van der Waals surface area contributed by atoms with Crippen molar-refractivity contribution in [1.82, 2.24) is 9.88 Å². The van der Waals surface area contributed by atoms with Crippen LogP contribution in [0.1, 0.15) is 45.2 Å². The average molecular weight is 396 g/mol. The lowest BCUT2D eigenvalue weighted by Crippen LogP contribution is -2.37. The van der Waals surface area contributed by atoms with Crippen LogP contribution < -0.4 is 10.1 Å². The molecule has 2 aromatic rings. The van der Waals surface area contributed by atoms with E-state index in [4.69, 9.17) is 4.74 Å². The Bertz CT molecular complexity index is 793. The van der Waals surface area contributed by atoms with Crippen molar-refractivity contribution < 1.29 is 9.53 Å². The zero-order valence-corrected chi connectivity index (χ0v) is 18.2. The Morgan fingerprint density at radius 2 is 1.83 bits per heavy atom. The molecule has 0 aliphatic heterocycles. The van der Waals surface area contributed by atoms with Crippen LogP contribution in [0.4, 0.5) is 5.69 Å². The highest BCUT2D eigenvalue weighted by Gasteiger charge is 2.13. The lowest BCUT2D eigenvalue weighted by molar-refractivity contribution is -0.111. The normalized spacial score (nSPS) is 11.6. The van der Waals surface area contributed by atoms with Crippen LogP contribution in [0, 0.1) is 0 Å². The summed E-state index contributed by atoms with van der Waals surface area (Å²) in [5, 5.41) is 2.93. The number of hydrogen-bond donors (Lipinski definition) is 1. The number of nitrogens with zero attached hydrogens (tertiary/aromatic N) is 2. The molecule has 1 heterocycles.